The number of nitrogens with one attached hydrogen (secondary N) is 1. The molecule has 4 rings (SSSR count). The summed E-state index contributed by atoms with van der Waals surface area (Å²) >= 11 is 0. The zero-order valence-corrected chi connectivity index (χ0v) is 27.6. The van der Waals surface area contributed by atoms with Gasteiger partial charge in [-0.3, -0.25) is 14.6 Å². The van der Waals surface area contributed by atoms with Gasteiger partial charge in [-0.2, -0.15) is 26.3 Å². The van der Waals surface area contributed by atoms with Crippen LogP contribution in [0.3, 0.4) is 0 Å². The molecule has 2 aliphatic heterocycles. The Morgan fingerprint density at radius 3 is 2.08 bits per heavy atom. The second kappa shape index (κ2) is 14.5. The number of benzene rings is 2. The lowest BCUT2D eigenvalue weighted by Gasteiger charge is -2.39. The Morgan fingerprint density at radius 1 is 0.917 bits per heavy atom. The molecular weight excluding hydrogens is 646 g/mol. The number of hydrogen-bond donors (Lipinski definition) is 1. The van der Waals surface area contributed by atoms with Crippen LogP contribution in [0.2, 0.25) is 0 Å². The molecule has 2 aliphatic rings. The van der Waals surface area contributed by atoms with Crippen LogP contribution in [0.15, 0.2) is 42.5 Å². The second-order valence-corrected chi connectivity index (χ2v) is 12.4. The van der Waals surface area contributed by atoms with Crippen molar-refractivity contribution in [3.63, 3.8) is 0 Å². The van der Waals surface area contributed by atoms with Crippen LogP contribution in [-0.2, 0) is 31.8 Å². The Balaban J connectivity index is 1.44. The minimum absolute atomic E-state index is 0.0151. The molecule has 2 fully saturated rings. The third kappa shape index (κ3) is 7.37. The summed E-state index contributed by atoms with van der Waals surface area (Å²) in [5.41, 5.74) is -5.36. The lowest BCUT2D eigenvalue weighted by atomic mass is 9.89. The SMILES string of the molecule is CCCc1cc(C(OCOC)(C(F)(F)F)C(F)(F)F)ccc1N1CCN(CCN2C(=O)NC(C)(c3ccc(OC(C)C)cc3)C2=O)CC1. The number of imide groups is 1. The number of carbonyl (C=O) groups excluding carboxylic acids is 2. The number of hydrogen-bond acceptors (Lipinski definition) is 7. The molecule has 3 amide bonds. The molecule has 0 aliphatic carbocycles. The molecule has 2 aromatic carbocycles. The van der Waals surface area contributed by atoms with Crippen molar-refractivity contribution in [2.75, 3.05) is 58.1 Å². The minimum Gasteiger partial charge on any atom is -0.491 e. The van der Waals surface area contributed by atoms with Gasteiger partial charge in [0.05, 0.1) is 6.10 Å². The maximum Gasteiger partial charge on any atom is 0.430 e. The largest absolute Gasteiger partial charge is 0.491 e. The van der Waals surface area contributed by atoms with Crippen molar-refractivity contribution in [3.05, 3.63) is 59.2 Å². The molecule has 0 radical (unpaired) electrons. The highest BCUT2D eigenvalue weighted by molar-refractivity contribution is 6.07. The lowest BCUT2D eigenvalue weighted by molar-refractivity contribution is -0.400. The van der Waals surface area contributed by atoms with Gasteiger partial charge in [-0.05, 0) is 56.5 Å². The average Bonchev–Trinajstić information content (AvgIpc) is 3.23. The van der Waals surface area contributed by atoms with E-state index in [-0.39, 0.29) is 25.0 Å². The number of aryl methyl sites for hydroxylation is 1. The van der Waals surface area contributed by atoms with E-state index in [4.69, 9.17) is 4.74 Å². The van der Waals surface area contributed by atoms with Gasteiger partial charge >= 0.3 is 18.4 Å². The number of anilines is 1. The second-order valence-electron chi connectivity index (χ2n) is 12.4. The molecule has 0 bridgehead atoms. The van der Waals surface area contributed by atoms with Gasteiger partial charge in [0.2, 0.25) is 0 Å². The normalized spacial score (nSPS) is 19.8. The van der Waals surface area contributed by atoms with E-state index in [1.807, 2.05) is 18.7 Å². The molecule has 0 aromatic heterocycles. The fraction of sp³-hybridized carbons (Fsp3) is 0.576. The van der Waals surface area contributed by atoms with Crippen molar-refractivity contribution >= 4 is 17.6 Å². The number of ether oxygens (including phenoxy) is 3. The van der Waals surface area contributed by atoms with Crippen LogP contribution in [0.5, 0.6) is 5.75 Å². The van der Waals surface area contributed by atoms with Crippen LogP contribution in [0.1, 0.15) is 50.8 Å². The van der Waals surface area contributed by atoms with Crippen molar-refractivity contribution in [1.82, 2.24) is 15.1 Å². The average molecular weight is 689 g/mol. The van der Waals surface area contributed by atoms with Gasteiger partial charge in [-0.25, -0.2) is 4.79 Å². The summed E-state index contributed by atoms with van der Waals surface area (Å²) in [6, 6.07) is 9.52. The van der Waals surface area contributed by atoms with Gasteiger partial charge in [0.25, 0.3) is 11.5 Å². The number of alkyl halides is 6. The molecule has 48 heavy (non-hydrogen) atoms. The fourth-order valence-electron chi connectivity index (χ4n) is 6.15. The maximum atomic E-state index is 14.1. The minimum atomic E-state index is -5.81. The molecule has 2 saturated heterocycles. The third-order valence-electron chi connectivity index (χ3n) is 8.63. The standard InChI is InChI=1S/C33H42F6N4O5/c1-6-7-23-20-25(31(32(34,35)36,33(37,38)39)47-21-46-5)10-13-27(23)42-17-14-41(15-18-42)16-19-43-28(44)30(4,40-29(43)45)24-8-11-26(12-9-24)48-22(2)3/h8-13,20,22H,6-7,14-19,21H2,1-5H3,(H,40,45). The molecule has 0 saturated carbocycles. The monoisotopic (exact) mass is 688 g/mol. The first-order valence-electron chi connectivity index (χ1n) is 15.8. The topological polar surface area (TPSA) is 83.6 Å². The van der Waals surface area contributed by atoms with Crippen molar-refractivity contribution in [2.24, 2.45) is 0 Å². The first-order valence-corrected chi connectivity index (χ1v) is 15.8. The van der Waals surface area contributed by atoms with E-state index >= 15 is 0 Å². The van der Waals surface area contributed by atoms with E-state index in [0.29, 0.717) is 61.7 Å². The van der Waals surface area contributed by atoms with E-state index in [1.165, 1.54) is 11.0 Å². The highest BCUT2D eigenvalue weighted by Crippen LogP contribution is 2.53. The molecule has 9 nitrogen and oxygen atoms in total. The van der Waals surface area contributed by atoms with Gasteiger partial charge in [-0.15, -0.1) is 0 Å². The van der Waals surface area contributed by atoms with Crippen molar-refractivity contribution in [3.8, 4) is 5.75 Å². The zero-order chi connectivity index (χ0) is 35.5. The van der Waals surface area contributed by atoms with Gasteiger partial charge < -0.3 is 24.4 Å². The zero-order valence-electron chi connectivity index (χ0n) is 27.6. The summed E-state index contributed by atoms with van der Waals surface area (Å²) < 4.78 is 99.4. The summed E-state index contributed by atoms with van der Waals surface area (Å²) in [6.07, 6.45) is -10.9. The van der Waals surface area contributed by atoms with E-state index < -0.39 is 41.9 Å². The molecule has 2 heterocycles. The predicted octanol–water partition coefficient (Wildman–Crippen LogP) is 5.96. The Hall–Kier alpha value is -3.56. The van der Waals surface area contributed by atoms with Gasteiger partial charge in [0.15, 0.2) is 0 Å². The van der Waals surface area contributed by atoms with Crippen molar-refractivity contribution in [2.45, 2.75) is 70.1 Å². The first kappa shape index (κ1) is 37.3. The molecule has 1 unspecified atom stereocenters. The molecule has 2 aromatic rings. The van der Waals surface area contributed by atoms with Crippen LogP contribution >= 0.6 is 0 Å². The first-order chi connectivity index (χ1) is 22.5. The summed E-state index contributed by atoms with van der Waals surface area (Å²) in [6.45, 7) is 8.43. The number of carbonyl (C=O) groups is 2. The molecule has 1 N–H and O–H groups in total. The Bertz CT molecular complexity index is 1410. The quantitative estimate of drug-likeness (QED) is 0.158. The van der Waals surface area contributed by atoms with Crippen LogP contribution in [0.25, 0.3) is 0 Å². The Labute approximate surface area is 276 Å². The van der Waals surface area contributed by atoms with Gasteiger partial charge in [0, 0.05) is 57.6 Å². The highest BCUT2D eigenvalue weighted by Gasteiger charge is 2.73. The molecule has 0 spiro atoms. The summed E-state index contributed by atoms with van der Waals surface area (Å²) in [7, 11) is 0.946. The van der Waals surface area contributed by atoms with Gasteiger partial charge in [0.1, 0.15) is 18.1 Å². The van der Waals surface area contributed by atoms with E-state index in [1.54, 1.807) is 38.1 Å². The van der Waals surface area contributed by atoms with E-state index in [2.05, 4.69) is 19.7 Å². The van der Waals surface area contributed by atoms with Crippen LogP contribution in [0.4, 0.5) is 36.8 Å². The predicted molar refractivity (Wildman–Crippen MR) is 166 cm³/mol. The summed E-state index contributed by atoms with van der Waals surface area (Å²) in [5.74, 6) is 0.269. The maximum absolute atomic E-state index is 14.1. The number of piperazine rings is 1. The Kier molecular flexibility index (Phi) is 11.3. The smallest absolute Gasteiger partial charge is 0.430 e. The van der Waals surface area contributed by atoms with Gasteiger partial charge in [-0.1, -0.05) is 37.6 Å². The molecular formula is C33H42F6N4O5. The number of urea groups is 1. The van der Waals surface area contributed by atoms with Crippen LogP contribution in [0, 0.1) is 0 Å². The number of nitrogens with zero attached hydrogens (tertiary/aromatic N) is 3. The number of rotatable bonds is 13. The van der Waals surface area contributed by atoms with Crippen LogP contribution < -0.4 is 15.0 Å². The highest BCUT2D eigenvalue weighted by atomic mass is 19.4. The third-order valence-corrected chi connectivity index (χ3v) is 8.63. The van der Waals surface area contributed by atoms with Crippen molar-refractivity contribution in [1.29, 1.82) is 0 Å². The Morgan fingerprint density at radius 2 is 1.54 bits per heavy atom. The molecule has 15 heteroatoms. The fourth-order valence-corrected chi connectivity index (χ4v) is 6.15. The number of halogens is 6. The summed E-state index contributed by atoms with van der Waals surface area (Å²) in [5, 5.41) is 2.80. The molecule has 1 atom stereocenters. The van der Waals surface area contributed by atoms with E-state index in [0.717, 1.165) is 19.2 Å². The number of amides is 3. The number of methoxy groups -OCH3 is 1. The lowest BCUT2D eigenvalue weighted by Crippen LogP contribution is -2.56. The summed E-state index contributed by atoms with van der Waals surface area (Å²) in [4.78, 5) is 31.4. The molecule has 266 valence electrons. The van der Waals surface area contributed by atoms with Crippen molar-refractivity contribution < 1.29 is 50.1 Å². The van der Waals surface area contributed by atoms with Crippen LogP contribution in [-0.4, -0.2) is 93.4 Å². The van der Waals surface area contributed by atoms with E-state index in [9.17, 15) is 35.9 Å².